The molecule has 6 heteroatoms. The van der Waals surface area contributed by atoms with Crippen molar-refractivity contribution in [1.29, 1.82) is 0 Å². The molecule has 0 aromatic carbocycles. The van der Waals surface area contributed by atoms with E-state index in [1.165, 1.54) is 6.20 Å². The van der Waals surface area contributed by atoms with E-state index in [-0.39, 0.29) is 0 Å². The zero-order valence-corrected chi connectivity index (χ0v) is 8.42. The maximum atomic E-state index is 10.6. The highest BCUT2D eigenvalue weighted by Gasteiger charge is 2.06. The third kappa shape index (κ3) is 2.12. The van der Waals surface area contributed by atoms with Crippen LogP contribution in [0.15, 0.2) is 22.9 Å². The molecule has 0 saturated heterocycles. The number of aromatic nitrogens is 1. The second-order valence-corrected chi connectivity index (χ2v) is 3.20. The van der Waals surface area contributed by atoms with E-state index in [1.807, 2.05) is 0 Å². The molecule has 1 aromatic rings. The molecule has 0 aliphatic rings. The highest BCUT2D eigenvalue weighted by atomic mass is 79.9. The van der Waals surface area contributed by atoms with Crippen LogP contribution in [0, 0.1) is 0 Å². The summed E-state index contributed by atoms with van der Waals surface area (Å²) < 4.78 is 1.71. The van der Waals surface area contributed by atoms with Crippen LogP contribution >= 0.6 is 28.7 Å². The molecule has 1 aromatic heterocycles. The van der Waals surface area contributed by atoms with Gasteiger partial charge in [-0.25, -0.2) is 14.1 Å². The number of carbonyl (C=O) groups excluding carboxylic acids is 1. The Labute approximate surface area is 83.4 Å². The van der Waals surface area contributed by atoms with Crippen molar-refractivity contribution in [2.75, 3.05) is 4.31 Å². The van der Waals surface area contributed by atoms with E-state index in [1.54, 1.807) is 12.1 Å². The zero-order valence-electron chi connectivity index (χ0n) is 5.94. The average molecular weight is 248 g/mol. The average Bonchev–Trinajstić information content (AvgIpc) is 2.04. The van der Waals surface area contributed by atoms with Crippen LogP contribution in [0.5, 0.6) is 0 Å². The first-order valence-electron chi connectivity index (χ1n) is 3.01. The number of nitrogens with zero attached hydrogens (tertiary/aromatic N) is 2. The molecule has 2 amide bonds. The van der Waals surface area contributed by atoms with Gasteiger partial charge in [-0.05, 0) is 28.1 Å². The van der Waals surface area contributed by atoms with Gasteiger partial charge in [0, 0.05) is 0 Å². The van der Waals surface area contributed by atoms with Crippen LogP contribution in [0.1, 0.15) is 0 Å². The van der Waals surface area contributed by atoms with E-state index in [4.69, 9.17) is 5.73 Å². The highest BCUT2D eigenvalue weighted by molar-refractivity contribution is 9.10. The van der Waals surface area contributed by atoms with E-state index >= 15 is 0 Å². The minimum atomic E-state index is -0.637. The summed E-state index contributed by atoms with van der Waals surface area (Å²) in [5, 5.41) is 0. The van der Waals surface area contributed by atoms with Crippen molar-refractivity contribution in [3.8, 4) is 0 Å². The number of pyridine rings is 1. The van der Waals surface area contributed by atoms with E-state index in [0.29, 0.717) is 10.3 Å². The van der Waals surface area contributed by atoms with Crippen molar-refractivity contribution in [2.45, 2.75) is 0 Å². The van der Waals surface area contributed by atoms with Gasteiger partial charge in [-0.3, -0.25) is 0 Å². The first kappa shape index (κ1) is 9.34. The fraction of sp³-hybridized carbons (Fsp3) is 0. The Morgan fingerprint density at radius 1 is 1.67 bits per heavy atom. The monoisotopic (exact) mass is 247 g/mol. The lowest BCUT2D eigenvalue weighted by molar-refractivity contribution is 0.257. The van der Waals surface area contributed by atoms with E-state index < -0.39 is 6.03 Å². The topological polar surface area (TPSA) is 59.2 Å². The van der Waals surface area contributed by atoms with Crippen LogP contribution < -0.4 is 10.0 Å². The molecule has 0 radical (unpaired) electrons. The van der Waals surface area contributed by atoms with Gasteiger partial charge in [-0.15, -0.1) is 0 Å². The summed E-state index contributed by atoms with van der Waals surface area (Å²) in [6.45, 7) is 0. The molecule has 1 heterocycles. The normalized spacial score (nSPS) is 9.50. The number of anilines is 1. The Balaban J connectivity index is 2.89. The molecule has 0 aliphatic heterocycles. The van der Waals surface area contributed by atoms with E-state index in [9.17, 15) is 4.79 Å². The highest BCUT2D eigenvalue weighted by Crippen LogP contribution is 2.16. The largest absolute Gasteiger partial charge is 0.350 e. The Hall–Kier alpha value is -0.750. The Kier molecular flexibility index (Phi) is 2.93. The molecule has 64 valence electrons. The first-order valence-corrected chi connectivity index (χ1v) is 4.20. The van der Waals surface area contributed by atoms with Crippen molar-refractivity contribution in [1.82, 2.24) is 4.98 Å². The van der Waals surface area contributed by atoms with Gasteiger partial charge in [0.2, 0.25) is 0 Å². The third-order valence-corrected chi connectivity index (χ3v) is 2.06. The predicted octanol–water partition coefficient (Wildman–Crippen LogP) is 1.57. The van der Waals surface area contributed by atoms with Gasteiger partial charge < -0.3 is 5.73 Å². The Morgan fingerprint density at radius 3 is 2.75 bits per heavy atom. The van der Waals surface area contributed by atoms with Crippen molar-refractivity contribution in [2.24, 2.45) is 5.73 Å². The molecule has 0 atom stereocenters. The second kappa shape index (κ2) is 3.77. The quantitative estimate of drug-likeness (QED) is 0.585. The summed E-state index contributed by atoms with van der Waals surface area (Å²) in [7, 11) is 0. The van der Waals surface area contributed by atoms with Crippen molar-refractivity contribution < 1.29 is 4.79 Å². The number of hydrogen-bond donors (Lipinski definition) is 2. The zero-order chi connectivity index (χ0) is 9.14. The molecule has 12 heavy (non-hydrogen) atoms. The third-order valence-electron chi connectivity index (χ3n) is 1.17. The van der Waals surface area contributed by atoms with Crippen LogP contribution in [0.25, 0.3) is 0 Å². The number of thiol groups is 1. The maximum absolute atomic E-state index is 10.6. The first-order chi connectivity index (χ1) is 5.61. The van der Waals surface area contributed by atoms with Crippen LogP contribution in [0.4, 0.5) is 10.5 Å². The lowest BCUT2D eigenvalue weighted by atomic mass is 10.4. The molecule has 4 nitrogen and oxygen atoms in total. The summed E-state index contributed by atoms with van der Waals surface area (Å²) in [4.78, 5) is 14.5. The molecule has 2 N–H and O–H groups in total. The number of urea groups is 1. The molecular formula is C6H6BrN3OS. The fourth-order valence-corrected chi connectivity index (χ4v) is 0.973. The molecule has 1 rings (SSSR count). The number of carbonyl (C=O) groups is 1. The number of rotatable bonds is 1. The summed E-state index contributed by atoms with van der Waals surface area (Å²) in [6.07, 6.45) is 1.49. The number of halogens is 1. The van der Waals surface area contributed by atoms with Gasteiger partial charge in [0.15, 0.2) is 0 Å². The number of amides is 2. The van der Waals surface area contributed by atoms with Gasteiger partial charge in [-0.2, -0.15) is 0 Å². The van der Waals surface area contributed by atoms with Gasteiger partial charge in [0.25, 0.3) is 0 Å². The van der Waals surface area contributed by atoms with Gasteiger partial charge in [0.1, 0.15) is 4.60 Å². The molecule has 0 aliphatic carbocycles. The van der Waals surface area contributed by atoms with E-state index in [2.05, 4.69) is 33.7 Å². The fourth-order valence-electron chi connectivity index (χ4n) is 0.621. The van der Waals surface area contributed by atoms with E-state index in [0.717, 1.165) is 4.31 Å². The van der Waals surface area contributed by atoms with Crippen LogP contribution in [-0.4, -0.2) is 11.0 Å². The molecule has 0 spiro atoms. The Morgan fingerprint density at radius 2 is 2.33 bits per heavy atom. The summed E-state index contributed by atoms with van der Waals surface area (Å²) in [5.41, 5.74) is 5.51. The summed E-state index contributed by atoms with van der Waals surface area (Å²) in [5.74, 6) is 0. The van der Waals surface area contributed by atoms with Gasteiger partial charge in [0.05, 0.1) is 11.9 Å². The van der Waals surface area contributed by atoms with Crippen molar-refractivity contribution in [3.05, 3.63) is 22.9 Å². The minimum absolute atomic E-state index is 0.536. The van der Waals surface area contributed by atoms with Crippen molar-refractivity contribution >= 4 is 40.5 Å². The number of nitrogens with two attached hydrogens (primary N) is 1. The summed E-state index contributed by atoms with van der Waals surface area (Å²) in [6, 6.07) is 2.73. The van der Waals surface area contributed by atoms with Crippen LogP contribution in [0.3, 0.4) is 0 Å². The van der Waals surface area contributed by atoms with Crippen LogP contribution in [-0.2, 0) is 0 Å². The summed E-state index contributed by atoms with van der Waals surface area (Å²) >= 11 is 7.01. The number of primary amides is 1. The van der Waals surface area contributed by atoms with Gasteiger partial charge in [-0.1, -0.05) is 12.8 Å². The molecule has 0 bridgehead atoms. The molecule has 0 saturated carbocycles. The second-order valence-electron chi connectivity index (χ2n) is 1.99. The smallest absolute Gasteiger partial charge is 0.329 e. The molecular weight excluding hydrogens is 242 g/mol. The van der Waals surface area contributed by atoms with Crippen molar-refractivity contribution in [3.63, 3.8) is 0 Å². The maximum Gasteiger partial charge on any atom is 0.329 e. The number of hydrogen-bond acceptors (Lipinski definition) is 3. The van der Waals surface area contributed by atoms with Gasteiger partial charge >= 0.3 is 6.03 Å². The lowest BCUT2D eigenvalue weighted by Crippen LogP contribution is -2.27. The lowest BCUT2D eigenvalue weighted by Gasteiger charge is -2.11. The minimum Gasteiger partial charge on any atom is -0.350 e. The van der Waals surface area contributed by atoms with Crippen LogP contribution in [0.2, 0.25) is 0 Å². The molecule has 0 unspecified atom stereocenters. The molecule has 0 fully saturated rings. The Bertz CT molecular complexity index is 289. The standard InChI is InChI=1S/C6H6BrN3OS/c7-5-2-1-4(3-9-5)10(12)6(8)11/h1-3,12H,(H2,8,11). The SMILES string of the molecule is NC(=O)N(S)c1ccc(Br)nc1. The predicted molar refractivity (Wildman–Crippen MR) is 53.0 cm³/mol.